The van der Waals surface area contributed by atoms with Crippen molar-refractivity contribution in [1.82, 2.24) is 0 Å². The number of carbonyl (C=O) groups excluding carboxylic acids is 1. The molecule has 0 unspecified atom stereocenters. The first-order chi connectivity index (χ1) is 7.27. The quantitative estimate of drug-likeness (QED) is 0.469. The third-order valence-corrected chi connectivity index (χ3v) is 2.40. The lowest BCUT2D eigenvalue weighted by atomic mass is 10.2. The Hall–Kier alpha value is -1.03. The molecule has 0 bridgehead atoms. The molecule has 0 aliphatic rings. The van der Waals surface area contributed by atoms with E-state index in [-0.39, 0.29) is 5.97 Å². The highest BCUT2D eigenvalue weighted by Crippen LogP contribution is 2.20. The van der Waals surface area contributed by atoms with E-state index in [1.165, 1.54) is 0 Å². The summed E-state index contributed by atoms with van der Waals surface area (Å²) >= 11 is 3.33. The van der Waals surface area contributed by atoms with Crippen molar-refractivity contribution in [3.63, 3.8) is 0 Å². The number of halogens is 1. The van der Waals surface area contributed by atoms with Gasteiger partial charge in [0.15, 0.2) is 5.75 Å². The second-order valence-corrected chi connectivity index (χ2v) is 3.59. The van der Waals surface area contributed by atoms with E-state index < -0.39 is 0 Å². The molecule has 0 radical (unpaired) electrons. The molecule has 15 heavy (non-hydrogen) atoms. The maximum absolute atomic E-state index is 11.1. The summed E-state index contributed by atoms with van der Waals surface area (Å²) in [5.74, 6) is 0.223. The van der Waals surface area contributed by atoms with Gasteiger partial charge in [-0.3, -0.25) is 9.78 Å². The van der Waals surface area contributed by atoms with Crippen molar-refractivity contribution in [1.29, 1.82) is 0 Å². The van der Waals surface area contributed by atoms with E-state index in [1.807, 2.05) is 25.1 Å². The predicted molar refractivity (Wildman–Crippen MR) is 60.7 cm³/mol. The minimum Gasteiger partial charge on any atom is -0.287 e. The van der Waals surface area contributed by atoms with E-state index in [2.05, 4.69) is 20.8 Å². The molecule has 0 amide bonds. The number of benzene rings is 1. The zero-order valence-corrected chi connectivity index (χ0v) is 10.1. The van der Waals surface area contributed by atoms with Crippen molar-refractivity contribution in [3.8, 4) is 5.75 Å². The van der Waals surface area contributed by atoms with Gasteiger partial charge in [0, 0.05) is 17.3 Å². The second-order valence-electron chi connectivity index (χ2n) is 3.03. The summed E-state index contributed by atoms with van der Waals surface area (Å²) in [4.78, 5) is 20.7. The van der Waals surface area contributed by atoms with Crippen LogP contribution in [0.1, 0.15) is 25.3 Å². The highest BCUT2D eigenvalue weighted by Gasteiger charge is 2.06. The smallest absolute Gasteiger partial charge is 0.287 e. The van der Waals surface area contributed by atoms with Crippen molar-refractivity contribution < 1.29 is 14.6 Å². The minimum absolute atomic E-state index is 0.345. The first-order valence-corrected chi connectivity index (χ1v) is 5.91. The average Bonchev–Trinajstić information content (AvgIpc) is 2.27. The molecule has 82 valence electrons. The van der Waals surface area contributed by atoms with Gasteiger partial charge in [0.25, 0.3) is 0 Å². The van der Waals surface area contributed by atoms with Crippen molar-refractivity contribution >= 4 is 21.9 Å². The van der Waals surface area contributed by atoms with Crippen LogP contribution in [0.25, 0.3) is 0 Å². The molecule has 0 heterocycles. The number of hydrogen-bond acceptors (Lipinski definition) is 3. The van der Waals surface area contributed by atoms with Crippen molar-refractivity contribution in [2.45, 2.75) is 25.1 Å². The van der Waals surface area contributed by atoms with Gasteiger partial charge in [-0.2, -0.15) is 0 Å². The molecule has 0 saturated heterocycles. The van der Waals surface area contributed by atoms with Gasteiger partial charge >= 0.3 is 5.97 Å². The van der Waals surface area contributed by atoms with Crippen LogP contribution in [-0.2, 0) is 15.0 Å². The Kier molecular flexibility index (Phi) is 5.18. The Morgan fingerprint density at radius 2 is 2.13 bits per heavy atom. The van der Waals surface area contributed by atoms with Gasteiger partial charge in [-0.25, -0.2) is 4.79 Å². The van der Waals surface area contributed by atoms with Crippen LogP contribution in [0.4, 0.5) is 0 Å². The average molecular weight is 273 g/mol. The molecule has 0 atom stereocenters. The van der Waals surface area contributed by atoms with Crippen molar-refractivity contribution in [3.05, 3.63) is 29.8 Å². The summed E-state index contributed by atoms with van der Waals surface area (Å²) < 4.78 is 0. The summed E-state index contributed by atoms with van der Waals surface area (Å²) in [6.45, 7) is 1.91. The van der Waals surface area contributed by atoms with Gasteiger partial charge < -0.3 is 0 Å². The number of rotatable bonds is 5. The molecule has 0 fully saturated rings. The third-order valence-electron chi connectivity index (χ3n) is 1.80. The van der Waals surface area contributed by atoms with E-state index in [0.29, 0.717) is 17.5 Å². The fourth-order valence-corrected chi connectivity index (χ4v) is 1.50. The Morgan fingerprint density at radius 1 is 1.40 bits per heavy atom. The molecule has 0 aliphatic heterocycles. The molecule has 1 aromatic rings. The van der Waals surface area contributed by atoms with Crippen LogP contribution in [0.2, 0.25) is 0 Å². The molecule has 1 rings (SSSR count). The summed E-state index contributed by atoms with van der Waals surface area (Å²) in [7, 11) is 0. The van der Waals surface area contributed by atoms with Crippen molar-refractivity contribution in [2.75, 3.05) is 0 Å². The Bertz CT molecular complexity index is 325. The lowest BCUT2D eigenvalue weighted by molar-refractivity contribution is -0.214. The molecule has 0 aromatic heterocycles. The van der Waals surface area contributed by atoms with Crippen LogP contribution in [0, 0.1) is 0 Å². The monoisotopic (exact) mass is 272 g/mol. The molecule has 0 saturated carbocycles. The molecular weight excluding hydrogens is 260 g/mol. The first-order valence-electron chi connectivity index (χ1n) is 4.79. The predicted octanol–water partition coefficient (Wildman–Crippen LogP) is 3.22. The fourth-order valence-electron chi connectivity index (χ4n) is 1.03. The molecule has 1 aromatic carbocycles. The van der Waals surface area contributed by atoms with Crippen LogP contribution in [0.3, 0.4) is 0 Å². The van der Waals surface area contributed by atoms with Gasteiger partial charge in [0.05, 0.1) is 0 Å². The molecular formula is C11H13BrO3. The van der Waals surface area contributed by atoms with E-state index in [1.54, 1.807) is 6.07 Å². The Balaban J connectivity index is 2.53. The summed E-state index contributed by atoms with van der Waals surface area (Å²) in [5, 5.41) is 0.661. The highest BCUT2D eigenvalue weighted by atomic mass is 79.9. The standard InChI is InChI=1S/C11H13BrO3/c1-2-5-11(13)15-14-10-7-4-3-6-9(10)8-12/h3-4,6-7H,2,5,8H2,1H3. The topological polar surface area (TPSA) is 35.5 Å². The van der Waals surface area contributed by atoms with Crippen LogP contribution < -0.4 is 4.89 Å². The van der Waals surface area contributed by atoms with Crippen LogP contribution in [-0.4, -0.2) is 5.97 Å². The van der Waals surface area contributed by atoms with Crippen molar-refractivity contribution in [2.24, 2.45) is 0 Å². The molecule has 4 heteroatoms. The summed E-state index contributed by atoms with van der Waals surface area (Å²) in [5.41, 5.74) is 0.946. The number of alkyl halides is 1. The lowest BCUT2D eigenvalue weighted by Crippen LogP contribution is -2.07. The van der Waals surface area contributed by atoms with Gasteiger partial charge in [-0.1, -0.05) is 41.1 Å². The fraction of sp³-hybridized carbons (Fsp3) is 0.364. The van der Waals surface area contributed by atoms with E-state index in [9.17, 15) is 4.79 Å². The zero-order valence-electron chi connectivity index (χ0n) is 8.53. The molecule has 0 aliphatic carbocycles. The first kappa shape index (κ1) is 12.0. The normalized spacial score (nSPS) is 9.73. The van der Waals surface area contributed by atoms with Gasteiger partial charge in [0.1, 0.15) is 0 Å². The minimum atomic E-state index is -0.345. The maximum atomic E-state index is 11.1. The highest BCUT2D eigenvalue weighted by molar-refractivity contribution is 9.08. The molecule has 0 N–H and O–H groups in total. The van der Waals surface area contributed by atoms with Gasteiger partial charge in [0.2, 0.25) is 0 Å². The molecule has 0 spiro atoms. The second kappa shape index (κ2) is 6.45. The van der Waals surface area contributed by atoms with Gasteiger partial charge in [-0.05, 0) is 12.5 Å². The van der Waals surface area contributed by atoms with E-state index in [4.69, 9.17) is 4.89 Å². The lowest BCUT2D eigenvalue weighted by Gasteiger charge is -2.06. The number of carbonyl (C=O) groups is 1. The summed E-state index contributed by atoms with van der Waals surface area (Å²) in [6, 6.07) is 7.39. The SMILES string of the molecule is CCCC(=O)OOc1ccccc1CBr. The maximum Gasteiger partial charge on any atom is 0.355 e. The largest absolute Gasteiger partial charge is 0.355 e. The third kappa shape index (κ3) is 3.91. The number of para-hydroxylation sites is 1. The Labute approximate surface area is 97.4 Å². The van der Waals surface area contributed by atoms with E-state index >= 15 is 0 Å². The molecule has 3 nitrogen and oxygen atoms in total. The number of hydrogen-bond donors (Lipinski definition) is 0. The van der Waals surface area contributed by atoms with Crippen LogP contribution >= 0.6 is 15.9 Å². The Morgan fingerprint density at radius 3 is 2.80 bits per heavy atom. The summed E-state index contributed by atoms with van der Waals surface area (Å²) in [6.07, 6.45) is 1.12. The van der Waals surface area contributed by atoms with Gasteiger partial charge in [-0.15, -0.1) is 0 Å². The zero-order chi connectivity index (χ0) is 11.1. The van der Waals surface area contributed by atoms with E-state index in [0.717, 1.165) is 12.0 Å². The van der Waals surface area contributed by atoms with Crippen LogP contribution in [0.15, 0.2) is 24.3 Å². The van der Waals surface area contributed by atoms with Crippen LogP contribution in [0.5, 0.6) is 5.75 Å².